The average molecular weight is 538 g/mol. The van der Waals surface area contributed by atoms with Crippen molar-refractivity contribution in [2.75, 3.05) is 11.9 Å². The summed E-state index contributed by atoms with van der Waals surface area (Å²) in [6, 6.07) is 24.7. The van der Waals surface area contributed by atoms with Gasteiger partial charge in [-0.25, -0.2) is 4.98 Å². The molecule has 3 aromatic carbocycles. The lowest BCUT2D eigenvalue weighted by Crippen LogP contribution is -2.35. The van der Waals surface area contributed by atoms with E-state index >= 15 is 0 Å². The highest BCUT2D eigenvalue weighted by atomic mass is 32.1. The van der Waals surface area contributed by atoms with E-state index in [1.54, 1.807) is 59.1 Å². The summed E-state index contributed by atoms with van der Waals surface area (Å²) in [5, 5.41) is 4.98. The summed E-state index contributed by atoms with van der Waals surface area (Å²) in [4.78, 5) is 34.9. The minimum Gasteiger partial charge on any atom is -0.313 e. The Morgan fingerprint density at radius 3 is 2.29 bits per heavy atom. The number of benzene rings is 3. The number of hydrogen-bond acceptors (Lipinski definition) is 6. The Hall–Kier alpha value is -3.65. The molecule has 5 nitrogen and oxygen atoms in total. The van der Waals surface area contributed by atoms with Crippen LogP contribution < -0.4 is 5.32 Å². The second-order valence-corrected chi connectivity index (χ2v) is 11.9. The molecule has 6 rings (SSSR count). The molecule has 1 amide bonds. The maximum Gasteiger partial charge on any atom is 0.256 e. The third-order valence-electron chi connectivity index (χ3n) is 7.00. The predicted molar refractivity (Wildman–Crippen MR) is 156 cm³/mol. The number of nitrogens with zero attached hydrogens (tertiary/aromatic N) is 2. The largest absolute Gasteiger partial charge is 0.313 e. The molecule has 38 heavy (non-hydrogen) atoms. The van der Waals surface area contributed by atoms with Crippen molar-refractivity contribution in [3.63, 3.8) is 0 Å². The minimum atomic E-state index is -0.189. The molecule has 0 atom stereocenters. The molecule has 0 aliphatic carbocycles. The number of rotatable bonds is 6. The van der Waals surface area contributed by atoms with Crippen molar-refractivity contribution in [1.29, 1.82) is 0 Å². The molecule has 0 saturated heterocycles. The van der Waals surface area contributed by atoms with Gasteiger partial charge in [0.05, 0.1) is 10.2 Å². The third-order valence-corrected chi connectivity index (χ3v) is 9.18. The normalized spacial score (nSPS) is 13.6. The van der Waals surface area contributed by atoms with Crippen molar-refractivity contribution in [2.24, 2.45) is 0 Å². The molecule has 2 aromatic heterocycles. The smallest absolute Gasteiger partial charge is 0.256 e. The number of carbonyl (C=O) groups excluding carboxylic acids is 2. The number of thiazole rings is 1. The molecule has 0 unspecified atom stereocenters. The Kier molecular flexibility index (Phi) is 6.66. The molecular weight excluding hydrogens is 510 g/mol. The Morgan fingerprint density at radius 1 is 0.868 bits per heavy atom. The van der Waals surface area contributed by atoms with Gasteiger partial charge in [-0.3, -0.25) is 14.5 Å². The summed E-state index contributed by atoms with van der Waals surface area (Å²) in [7, 11) is 0. The number of aromatic nitrogens is 1. The van der Waals surface area contributed by atoms with Crippen LogP contribution in [0.3, 0.4) is 0 Å². The summed E-state index contributed by atoms with van der Waals surface area (Å²) < 4.78 is 1.14. The number of anilines is 1. The molecule has 1 aliphatic rings. The van der Waals surface area contributed by atoms with Crippen LogP contribution in [0.5, 0.6) is 0 Å². The molecule has 1 N–H and O–H groups in total. The van der Waals surface area contributed by atoms with Gasteiger partial charge in [0.1, 0.15) is 10.0 Å². The molecule has 0 bridgehead atoms. The fourth-order valence-electron chi connectivity index (χ4n) is 4.86. The Bertz CT molecular complexity index is 1600. The van der Waals surface area contributed by atoms with Crippen LogP contribution in [0.4, 0.5) is 5.00 Å². The van der Waals surface area contributed by atoms with Crippen molar-refractivity contribution in [2.45, 2.75) is 32.9 Å². The second-order valence-electron chi connectivity index (χ2n) is 9.74. The lowest BCUT2D eigenvalue weighted by Gasteiger charge is -2.30. The maximum atomic E-state index is 13.4. The SMILES string of the molecule is CC(C)N1CCc2c(sc(NC(=O)c3ccc(C(=O)c4ccccc4)cc3)c2-c2nc3ccccc3s2)C1. The van der Waals surface area contributed by atoms with Gasteiger partial charge in [0, 0.05) is 46.3 Å². The Morgan fingerprint density at radius 2 is 1.55 bits per heavy atom. The highest BCUT2D eigenvalue weighted by Gasteiger charge is 2.28. The van der Waals surface area contributed by atoms with Gasteiger partial charge in [-0.2, -0.15) is 0 Å². The van der Waals surface area contributed by atoms with Crippen LogP contribution in [0.25, 0.3) is 20.8 Å². The number of fused-ring (bicyclic) bond motifs is 2. The number of thiophene rings is 1. The van der Waals surface area contributed by atoms with E-state index in [0.29, 0.717) is 22.7 Å². The zero-order chi connectivity index (χ0) is 26.2. The summed E-state index contributed by atoms with van der Waals surface area (Å²) >= 11 is 3.32. The molecular formula is C31H27N3O2S2. The maximum absolute atomic E-state index is 13.4. The first-order valence-corrected chi connectivity index (χ1v) is 14.4. The van der Waals surface area contributed by atoms with Gasteiger partial charge < -0.3 is 5.32 Å². The van der Waals surface area contributed by atoms with E-state index in [9.17, 15) is 9.59 Å². The first-order valence-electron chi connectivity index (χ1n) is 12.7. The van der Waals surface area contributed by atoms with Crippen LogP contribution >= 0.6 is 22.7 Å². The topological polar surface area (TPSA) is 62.3 Å². The van der Waals surface area contributed by atoms with Gasteiger partial charge in [-0.15, -0.1) is 22.7 Å². The number of nitrogens with one attached hydrogen (secondary N) is 1. The summed E-state index contributed by atoms with van der Waals surface area (Å²) in [5.41, 5.74) is 5.03. The van der Waals surface area contributed by atoms with E-state index < -0.39 is 0 Å². The summed E-state index contributed by atoms with van der Waals surface area (Å²) in [6.45, 7) is 6.31. The number of hydrogen-bond donors (Lipinski definition) is 1. The first-order chi connectivity index (χ1) is 18.5. The fraction of sp³-hybridized carbons (Fsp3) is 0.194. The minimum absolute atomic E-state index is 0.0590. The van der Waals surface area contributed by atoms with Crippen LogP contribution in [0.2, 0.25) is 0 Å². The molecule has 0 fully saturated rings. The van der Waals surface area contributed by atoms with Crippen LogP contribution in [0.1, 0.15) is 50.6 Å². The summed E-state index contributed by atoms with van der Waals surface area (Å²) in [5.74, 6) is -0.248. The zero-order valence-corrected chi connectivity index (χ0v) is 22.9. The fourth-order valence-corrected chi connectivity index (χ4v) is 7.24. The lowest BCUT2D eigenvalue weighted by molar-refractivity contribution is 0.102. The highest BCUT2D eigenvalue weighted by molar-refractivity contribution is 7.23. The third kappa shape index (κ3) is 4.69. The van der Waals surface area contributed by atoms with Gasteiger partial charge in [0.25, 0.3) is 5.91 Å². The van der Waals surface area contributed by atoms with E-state index in [4.69, 9.17) is 4.98 Å². The molecule has 1 aliphatic heterocycles. The molecule has 0 spiro atoms. The van der Waals surface area contributed by atoms with Crippen molar-refractivity contribution in [3.8, 4) is 10.6 Å². The van der Waals surface area contributed by atoms with E-state index in [-0.39, 0.29) is 11.7 Å². The van der Waals surface area contributed by atoms with Crippen molar-refractivity contribution < 1.29 is 9.59 Å². The van der Waals surface area contributed by atoms with E-state index in [0.717, 1.165) is 45.3 Å². The van der Waals surface area contributed by atoms with Gasteiger partial charge >= 0.3 is 0 Å². The quantitative estimate of drug-likeness (QED) is 0.231. The van der Waals surface area contributed by atoms with E-state index in [2.05, 4.69) is 30.1 Å². The second kappa shape index (κ2) is 10.3. The average Bonchev–Trinajstić information content (AvgIpc) is 3.53. The number of para-hydroxylation sites is 1. The van der Waals surface area contributed by atoms with E-state index in [1.165, 1.54) is 10.4 Å². The number of carbonyl (C=O) groups is 2. The molecule has 0 saturated carbocycles. The van der Waals surface area contributed by atoms with Crippen LogP contribution in [0.15, 0.2) is 78.9 Å². The van der Waals surface area contributed by atoms with Crippen molar-refractivity contribution in [1.82, 2.24) is 9.88 Å². The molecule has 5 aromatic rings. The van der Waals surface area contributed by atoms with E-state index in [1.807, 2.05) is 36.4 Å². The predicted octanol–water partition coefficient (Wildman–Crippen LogP) is 7.27. The van der Waals surface area contributed by atoms with Crippen molar-refractivity contribution in [3.05, 3.63) is 106 Å². The van der Waals surface area contributed by atoms with Gasteiger partial charge in [-0.1, -0.05) is 54.6 Å². The zero-order valence-electron chi connectivity index (χ0n) is 21.2. The van der Waals surface area contributed by atoms with Crippen LogP contribution in [-0.2, 0) is 13.0 Å². The molecule has 3 heterocycles. The Balaban J connectivity index is 1.32. The number of amides is 1. The monoisotopic (exact) mass is 537 g/mol. The molecule has 7 heteroatoms. The molecule has 0 radical (unpaired) electrons. The summed E-state index contributed by atoms with van der Waals surface area (Å²) in [6.07, 6.45) is 0.932. The standard InChI is InChI=1S/C31H27N3O2S2/c1-19(2)34-17-16-23-26(18-34)38-31(27(23)30-32-24-10-6-7-11-25(24)37-30)33-29(36)22-14-12-21(13-15-22)28(35)20-8-4-3-5-9-20/h3-15,19H,16-18H2,1-2H3,(H,33,36). The Labute approximate surface area is 229 Å². The van der Waals surface area contributed by atoms with Gasteiger partial charge in [-0.05, 0) is 50.1 Å². The number of ketones is 1. The van der Waals surface area contributed by atoms with Gasteiger partial charge in [0.15, 0.2) is 5.78 Å². The lowest BCUT2D eigenvalue weighted by atomic mass is 10.0. The van der Waals surface area contributed by atoms with Crippen LogP contribution in [0, 0.1) is 0 Å². The van der Waals surface area contributed by atoms with Crippen LogP contribution in [-0.4, -0.2) is 34.2 Å². The van der Waals surface area contributed by atoms with Gasteiger partial charge in [0.2, 0.25) is 0 Å². The highest BCUT2D eigenvalue weighted by Crippen LogP contribution is 2.46. The van der Waals surface area contributed by atoms with Crippen molar-refractivity contribution >= 4 is 49.6 Å². The molecule has 190 valence electrons. The first kappa shape index (κ1) is 24.7.